The molecule has 1 aromatic carbocycles. The number of aliphatic carboxylic acids is 1. The molecular formula is C14H15BrN2O5. The summed E-state index contributed by atoms with van der Waals surface area (Å²) in [6.45, 7) is 0.557. The summed E-state index contributed by atoms with van der Waals surface area (Å²) in [5.41, 5.74) is 0.601. The molecule has 1 aliphatic rings. The molecule has 1 amide bonds. The highest BCUT2D eigenvalue weighted by atomic mass is 79.9. The molecule has 0 aromatic heterocycles. The maximum atomic E-state index is 12.4. The lowest BCUT2D eigenvalue weighted by atomic mass is 10.1. The van der Waals surface area contributed by atoms with Gasteiger partial charge in [0.25, 0.3) is 5.69 Å². The zero-order valence-corrected chi connectivity index (χ0v) is 13.3. The molecule has 8 heteroatoms. The molecule has 1 atom stereocenters. The largest absolute Gasteiger partial charge is 0.481 e. The Labute approximate surface area is 135 Å². The van der Waals surface area contributed by atoms with Gasteiger partial charge in [-0.15, -0.1) is 0 Å². The van der Waals surface area contributed by atoms with Crippen molar-refractivity contribution in [2.45, 2.75) is 31.7 Å². The molecule has 1 aliphatic heterocycles. The van der Waals surface area contributed by atoms with Gasteiger partial charge >= 0.3 is 5.97 Å². The quantitative estimate of drug-likeness (QED) is 0.633. The van der Waals surface area contributed by atoms with Gasteiger partial charge in [0.05, 0.1) is 17.8 Å². The Kier molecular flexibility index (Phi) is 5.12. The van der Waals surface area contributed by atoms with Crippen LogP contribution < -0.4 is 0 Å². The lowest BCUT2D eigenvalue weighted by Gasteiger charge is -2.23. The standard InChI is InChI=1S/C14H15BrN2O5/c15-12-7-11(17(21)22)4-3-9(12)6-13(18)16-5-1-2-10(16)8-14(19)20/h3-4,7,10H,1-2,5-6,8H2,(H,19,20). The molecule has 1 heterocycles. The van der Waals surface area contributed by atoms with Crippen LogP contribution in [0.5, 0.6) is 0 Å². The number of nitro groups is 1. The van der Waals surface area contributed by atoms with Crippen LogP contribution in [0, 0.1) is 10.1 Å². The summed E-state index contributed by atoms with van der Waals surface area (Å²) in [6.07, 6.45) is 1.53. The van der Waals surface area contributed by atoms with Crippen LogP contribution in [0.3, 0.4) is 0 Å². The Morgan fingerprint density at radius 2 is 2.18 bits per heavy atom. The van der Waals surface area contributed by atoms with E-state index in [-0.39, 0.29) is 30.5 Å². The van der Waals surface area contributed by atoms with Crippen molar-refractivity contribution in [2.75, 3.05) is 6.54 Å². The maximum absolute atomic E-state index is 12.4. The number of halogens is 1. The molecule has 0 saturated carbocycles. The summed E-state index contributed by atoms with van der Waals surface area (Å²) < 4.78 is 0.504. The summed E-state index contributed by atoms with van der Waals surface area (Å²) in [7, 11) is 0. The summed E-state index contributed by atoms with van der Waals surface area (Å²) in [6, 6.07) is 4.00. The van der Waals surface area contributed by atoms with Crippen LogP contribution in [0.2, 0.25) is 0 Å². The Morgan fingerprint density at radius 1 is 1.45 bits per heavy atom. The number of non-ortho nitro benzene ring substituents is 1. The smallest absolute Gasteiger partial charge is 0.305 e. The first-order valence-electron chi connectivity index (χ1n) is 6.82. The average Bonchev–Trinajstić information content (AvgIpc) is 2.88. The van der Waals surface area contributed by atoms with Gasteiger partial charge < -0.3 is 10.0 Å². The normalized spacial score (nSPS) is 17.5. The number of carboxylic acid groups (broad SMARTS) is 1. The molecule has 7 nitrogen and oxygen atoms in total. The van der Waals surface area contributed by atoms with Gasteiger partial charge in [-0.2, -0.15) is 0 Å². The van der Waals surface area contributed by atoms with Gasteiger partial charge in [0.15, 0.2) is 0 Å². The van der Waals surface area contributed by atoms with Crippen LogP contribution in [0.1, 0.15) is 24.8 Å². The predicted octanol–water partition coefficient (Wildman–Crippen LogP) is 2.37. The molecule has 22 heavy (non-hydrogen) atoms. The summed E-state index contributed by atoms with van der Waals surface area (Å²) in [5.74, 6) is -1.07. The number of nitro benzene ring substituents is 1. The molecule has 0 bridgehead atoms. The predicted molar refractivity (Wildman–Crippen MR) is 81.5 cm³/mol. The number of carbonyl (C=O) groups is 2. The van der Waals surface area contributed by atoms with Crippen molar-refractivity contribution in [3.63, 3.8) is 0 Å². The van der Waals surface area contributed by atoms with E-state index in [1.54, 1.807) is 11.0 Å². The van der Waals surface area contributed by atoms with Crippen molar-refractivity contribution in [3.8, 4) is 0 Å². The van der Waals surface area contributed by atoms with Crippen molar-refractivity contribution >= 4 is 33.5 Å². The van der Waals surface area contributed by atoms with Crippen LogP contribution in [-0.2, 0) is 16.0 Å². The number of nitrogens with zero attached hydrogens (tertiary/aromatic N) is 2. The molecular weight excluding hydrogens is 356 g/mol. The molecule has 0 spiro atoms. The minimum absolute atomic E-state index is 0.0481. The number of carboxylic acids is 1. The SMILES string of the molecule is O=C(O)CC1CCCN1C(=O)Cc1ccc([N+](=O)[O-])cc1Br. The Balaban J connectivity index is 2.08. The number of hydrogen-bond donors (Lipinski definition) is 1. The van der Waals surface area contributed by atoms with Crippen LogP contribution in [0.25, 0.3) is 0 Å². The van der Waals surface area contributed by atoms with E-state index in [2.05, 4.69) is 15.9 Å². The highest BCUT2D eigenvalue weighted by molar-refractivity contribution is 9.10. The van der Waals surface area contributed by atoms with Gasteiger partial charge in [-0.3, -0.25) is 19.7 Å². The van der Waals surface area contributed by atoms with E-state index in [4.69, 9.17) is 5.11 Å². The molecule has 2 rings (SSSR count). The second-order valence-corrected chi connectivity index (χ2v) is 6.04. The highest BCUT2D eigenvalue weighted by Crippen LogP contribution is 2.26. The summed E-state index contributed by atoms with van der Waals surface area (Å²) in [5, 5.41) is 19.6. The minimum atomic E-state index is -0.916. The van der Waals surface area contributed by atoms with Gasteiger partial charge in [-0.25, -0.2) is 0 Å². The minimum Gasteiger partial charge on any atom is -0.481 e. The second-order valence-electron chi connectivity index (χ2n) is 5.19. The van der Waals surface area contributed by atoms with E-state index in [0.717, 1.165) is 6.42 Å². The fourth-order valence-corrected chi connectivity index (χ4v) is 3.14. The maximum Gasteiger partial charge on any atom is 0.305 e. The topological polar surface area (TPSA) is 101 Å². The first kappa shape index (κ1) is 16.4. The third-order valence-corrected chi connectivity index (χ3v) is 4.44. The van der Waals surface area contributed by atoms with Crippen LogP contribution in [0.4, 0.5) is 5.69 Å². The third kappa shape index (κ3) is 3.82. The van der Waals surface area contributed by atoms with Crippen molar-refractivity contribution in [1.29, 1.82) is 0 Å². The van der Waals surface area contributed by atoms with E-state index >= 15 is 0 Å². The molecule has 1 saturated heterocycles. The zero-order chi connectivity index (χ0) is 16.3. The zero-order valence-electron chi connectivity index (χ0n) is 11.7. The summed E-state index contributed by atoms with van der Waals surface area (Å²) in [4.78, 5) is 35.0. The van der Waals surface area contributed by atoms with Gasteiger partial charge in [0.2, 0.25) is 5.91 Å². The number of hydrogen-bond acceptors (Lipinski definition) is 4. The Hall–Kier alpha value is -1.96. The highest BCUT2D eigenvalue weighted by Gasteiger charge is 2.30. The van der Waals surface area contributed by atoms with Gasteiger partial charge in [0, 0.05) is 29.2 Å². The lowest BCUT2D eigenvalue weighted by Crippen LogP contribution is -2.37. The molecule has 0 radical (unpaired) electrons. The second kappa shape index (κ2) is 6.87. The van der Waals surface area contributed by atoms with Crippen molar-refractivity contribution < 1.29 is 19.6 Å². The van der Waals surface area contributed by atoms with E-state index in [1.165, 1.54) is 12.1 Å². The molecule has 118 valence electrons. The van der Waals surface area contributed by atoms with Crippen molar-refractivity contribution in [2.24, 2.45) is 0 Å². The van der Waals surface area contributed by atoms with Gasteiger partial charge in [0.1, 0.15) is 0 Å². The van der Waals surface area contributed by atoms with Crippen LogP contribution in [-0.4, -0.2) is 39.4 Å². The number of carbonyl (C=O) groups excluding carboxylic acids is 1. The molecule has 1 N–H and O–H groups in total. The molecule has 1 fully saturated rings. The number of likely N-dealkylation sites (tertiary alicyclic amines) is 1. The first-order valence-corrected chi connectivity index (χ1v) is 7.62. The average molecular weight is 371 g/mol. The first-order chi connectivity index (χ1) is 10.4. The fourth-order valence-electron chi connectivity index (χ4n) is 2.64. The van der Waals surface area contributed by atoms with Crippen LogP contribution >= 0.6 is 15.9 Å². The van der Waals surface area contributed by atoms with E-state index in [1.807, 2.05) is 0 Å². The van der Waals surface area contributed by atoms with Crippen LogP contribution in [0.15, 0.2) is 22.7 Å². The molecule has 0 aliphatic carbocycles. The number of amides is 1. The molecule has 1 unspecified atom stereocenters. The van der Waals surface area contributed by atoms with E-state index in [9.17, 15) is 19.7 Å². The molecule has 1 aromatic rings. The Bertz CT molecular complexity index is 619. The van der Waals surface area contributed by atoms with Crippen molar-refractivity contribution in [3.05, 3.63) is 38.3 Å². The van der Waals surface area contributed by atoms with Gasteiger partial charge in [-0.05, 0) is 18.4 Å². The van der Waals surface area contributed by atoms with E-state index in [0.29, 0.717) is 23.0 Å². The summed E-state index contributed by atoms with van der Waals surface area (Å²) >= 11 is 3.24. The number of benzene rings is 1. The van der Waals surface area contributed by atoms with Gasteiger partial charge in [-0.1, -0.05) is 22.0 Å². The number of rotatable bonds is 5. The van der Waals surface area contributed by atoms with E-state index < -0.39 is 10.9 Å². The Morgan fingerprint density at radius 3 is 2.77 bits per heavy atom. The lowest BCUT2D eigenvalue weighted by molar-refractivity contribution is -0.384. The third-order valence-electron chi connectivity index (χ3n) is 3.70. The monoisotopic (exact) mass is 370 g/mol. The van der Waals surface area contributed by atoms with Crippen molar-refractivity contribution in [1.82, 2.24) is 4.90 Å². The fraction of sp³-hybridized carbons (Fsp3) is 0.429.